The van der Waals surface area contributed by atoms with Crippen molar-refractivity contribution in [3.05, 3.63) is 42.4 Å². The van der Waals surface area contributed by atoms with Gasteiger partial charge in [0.25, 0.3) is 0 Å². The maximum absolute atomic E-state index is 13.0. The number of nitrogens with one attached hydrogen (secondary N) is 1. The van der Waals surface area contributed by atoms with Crippen molar-refractivity contribution < 1.29 is 9.53 Å². The Balaban J connectivity index is 1.50. The van der Waals surface area contributed by atoms with Crippen molar-refractivity contribution >= 4 is 17.7 Å². The van der Waals surface area contributed by atoms with Gasteiger partial charge in [0, 0.05) is 38.1 Å². The van der Waals surface area contributed by atoms with Crippen molar-refractivity contribution in [3.8, 4) is 0 Å². The van der Waals surface area contributed by atoms with E-state index in [9.17, 15) is 4.79 Å². The Kier molecular flexibility index (Phi) is 5.06. The average molecular weight is 353 g/mol. The highest BCUT2D eigenvalue weighted by atomic mass is 16.5. The molecule has 0 bridgehead atoms. The second kappa shape index (κ2) is 7.78. The molecule has 0 spiro atoms. The molecule has 2 aromatic heterocycles. The molecule has 136 valence electrons. The molecule has 7 nitrogen and oxygen atoms in total. The Bertz CT molecular complexity index is 749. The minimum absolute atomic E-state index is 0.0256. The molecule has 0 radical (unpaired) electrons. The zero-order valence-electron chi connectivity index (χ0n) is 14.7. The van der Waals surface area contributed by atoms with E-state index >= 15 is 0 Å². The van der Waals surface area contributed by atoms with Gasteiger partial charge in [-0.05, 0) is 43.9 Å². The highest BCUT2D eigenvalue weighted by Crippen LogP contribution is 2.33. The maximum atomic E-state index is 13.0. The maximum Gasteiger partial charge on any atom is 0.228 e. The fourth-order valence-corrected chi connectivity index (χ4v) is 3.69. The normalized spacial score (nSPS) is 20.9. The molecule has 1 N–H and O–H groups in total. The van der Waals surface area contributed by atoms with E-state index in [0.29, 0.717) is 25.0 Å². The third kappa shape index (κ3) is 3.67. The minimum atomic E-state index is 0.0256. The topological polar surface area (TPSA) is 80.2 Å². The highest BCUT2D eigenvalue weighted by Gasteiger charge is 2.35. The van der Waals surface area contributed by atoms with Gasteiger partial charge in [0.1, 0.15) is 5.82 Å². The second-order valence-corrected chi connectivity index (χ2v) is 6.72. The van der Waals surface area contributed by atoms with Crippen molar-refractivity contribution in [2.75, 3.05) is 25.1 Å². The molecule has 2 aromatic rings. The first-order valence-electron chi connectivity index (χ1n) is 9.20. The van der Waals surface area contributed by atoms with Crippen molar-refractivity contribution in [1.82, 2.24) is 19.9 Å². The molecule has 2 saturated heterocycles. The number of nitrogens with zero attached hydrogens (tertiary/aromatic N) is 4. The Hall–Kier alpha value is -2.54. The van der Waals surface area contributed by atoms with Gasteiger partial charge in [-0.15, -0.1) is 0 Å². The lowest BCUT2D eigenvalue weighted by Crippen LogP contribution is -2.38. The van der Waals surface area contributed by atoms with Crippen LogP contribution in [0.3, 0.4) is 0 Å². The standard InChI is InChI=1S/C19H23N5O2/c25-18(14-7-12-26-13-8-14)24-11-3-4-16(24)15-6-10-21-19(22-15)23-17-5-1-2-9-20-17/h1-2,5-6,9-10,14,16H,3-4,7-8,11-13H2,(H,20,21,22,23)/t16-/m0/s1. The van der Waals surface area contributed by atoms with E-state index in [0.717, 1.165) is 37.9 Å². The number of amides is 1. The number of anilines is 2. The summed E-state index contributed by atoms with van der Waals surface area (Å²) in [4.78, 5) is 28.1. The Morgan fingerprint density at radius 3 is 2.81 bits per heavy atom. The first-order valence-corrected chi connectivity index (χ1v) is 9.20. The fraction of sp³-hybridized carbons (Fsp3) is 0.474. The lowest BCUT2D eigenvalue weighted by atomic mass is 9.98. The van der Waals surface area contributed by atoms with Crippen LogP contribution >= 0.6 is 0 Å². The molecule has 0 saturated carbocycles. The first kappa shape index (κ1) is 16.9. The molecule has 4 heterocycles. The second-order valence-electron chi connectivity index (χ2n) is 6.72. The van der Waals surface area contributed by atoms with Crippen molar-refractivity contribution in [1.29, 1.82) is 0 Å². The zero-order valence-corrected chi connectivity index (χ0v) is 14.7. The summed E-state index contributed by atoms with van der Waals surface area (Å²) >= 11 is 0. The Morgan fingerprint density at radius 2 is 2.00 bits per heavy atom. The zero-order chi connectivity index (χ0) is 17.8. The van der Waals surface area contributed by atoms with Gasteiger partial charge in [-0.3, -0.25) is 4.79 Å². The van der Waals surface area contributed by atoms with Gasteiger partial charge < -0.3 is 15.0 Å². The number of aromatic nitrogens is 3. The average Bonchev–Trinajstić information content (AvgIpc) is 3.19. The van der Waals surface area contributed by atoms with Gasteiger partial charge in [0.15, 0.2) is 0 Å². The summed E-state index contributed by atoms with van der Waals surface area (Å²) in [6.07, 6.45) is 7.04. The van der Waals surface area contributed by atoms with E-state index in [1.54, 1.807) is 12.4 Å². The molecule has 7 heteroatoms. The lowest BCUT2D eigenvalue weighted by Gasteiger charge is -2.30. The lowest BCUT2D eigenvalue weighted by molar-refractivity contribution is -0.139. The third-order valence-corrected chi connectivity index (χ3v) is 5.03. The van der Waals surface area contributed by atoms with E-state index in [-0.39, 0.29) is 17.9 Å². The molecule has 4 rings (SSSR count). The van der Waals surface area contributed by atoms with Crippen LogP contribution in [-0.4, -0.2) is 45.5 Å². The van der Waals surface area contributed by atoms with Crippen LogP contribution in [0.4, 0.5) is 11.8 Å². The fourth-order valence-electron chi connectivity index (χ4n) is 3.69. The van der Waals surface area contributed by atoms with Crippen LogP contribution in [0.25, 0.3) is 0 Å². The smallest absolute Gasteiger partial charge is 0.228 e. The first-order chi connectivity index (χ1) is 12.8. The summed E-state index contributed by atoms with van der Waals surface area (Å²) in [5, 5.41) is 3.12. The highest BCUT2D eigenvalue weighted by molar-refractivity contribution is 5.79. The molecule has 0 aliphatic carbocycles. The summed E-state index contributed by atoms with van der Waals surface area (Å²) < 4.78 is 5.39. The molecule has 0 unspecified atom stereocenters. The number of ether oxygens (including phenoxy) is 1. The van der Waals surface area contributed by atoms with Crippen LogP contribution < -0.4 is 5.32 Å². The van der Waals surface area contributed by atoms with Crippen LogP contribution in [0, 0.1) is 5.92 Å². The largest absolute Gasteiger partial charge is 0.381 e. The molecular weight excluding hydrogens is 330 g/mol. The summed E-state index contributed by atoms with van der Waals surface area (Å²) in [5.41, 5.74) is 0.886. The van der Waals surface area contributed by atoms with Crippen molar-refractivity contribution in [3.63, 3.8) is 0 Å². The van der Waals surface area contributed by atoms with E-state index < -0.39 is 0 Å². The van der Waals surface area contributed by atoms with Crippen LogP contribution in [0.15, 0.2) is 36.7 Å². The van der Waals surface area contributed by atoms with Crippen LogP contribution in [0.1, 0.15) is 37.4 Å². The monoisotopic (exact) mass is 353 g/mol. The number of carbonyl (C=O) groups excluding carboxylic acids is 1. The molecule has 2 aliphatic rings. The van der Waals surface area contributed by atoms with Crippen molar-refractivity contribution in [2.45, 2.75) is 31.7 Å². The number of hydrogen-bond acceptors (Lipinski definition) is 6. The summed E-state index contributed by atoms with van der Waals surface area (Å²) in [5.74, 6) is 1.53. The van der Waals surface area contributed by atoms with Gasteiger partial charge in [-0.25, -0.2) is 15.0 Å². The van der Waals surface area contributed by atoms with Gasteiger partial charge in [-0.2, -0.15) is 0 Å². The number of carbonyl (C=O) groups is 1. The van der Waals surface area contributed by atoms with E-state index in [4.69, 9.17) is 4.74 Å². The van der Waals surface area contributed by atoms with Crippen molar-refractivity contribution in [2.24, 2.45) is 5.92 Å². The molecule has 26 heavy (non-hydrogen) atoms. The molecule has 0 aromatic carbocycles. The number of hydrogen-bond donors (Lipinski definition) is 1. The minimum Gasteiger partial charge on any atom is -0.381 e. The predicted octanol–water partition coefficient (Wildman–Crippen LogP) is 2.71. The van der Waals surface area contributed by atoms with Gasteiger partial charge in [-0.1, -0.05) is 6.07 Å². The number of likely N-dealkylation sites (tertiary alicyclic amines) is 1. The van der Waals surface area contributed by atoms with Gasteiger partial charge >= 0.3 is 0 Å². The molecule has 2 aliphatic heterocycles. The van der Waals surface area contributed by atoms with Gasteiger partial charge in [0.2, 0.25) is 11.9 Å². The van der Waals surface area contributed by atoms with E-state index in [1.807, 2.05) is 29.2 Å². The summed E-state index contributed by atoms with van der Waals surface area (Å²) in [7, 11) is 0. The number of rotatable bonds is 4. The number of pyridine rings is 1. The SMILES string of the molecule is O=C(C1CCOCC1)N1CCC[C@H]1c1ccnc(Nc2ccccn2)n1. The Morgan fingerprint density at radius 1 is 1.12 bits per heavy atom. The predicted molar refractivity (Wildman–Crippen MR) is 96.8 cm³/mol. The Labute approximate surface area is 152 Å². The van der Waals surface area contributed by atoms with Crippen LogP contribution in [0.5, 0.6) is 0 Å². The molecular formula is C19H23N5O2. The van der Waals surface area contributed by atoms with Crippen LogP contribution in [0.2, 0.25) is 0 Å². The van der Waals surface area contributed by atoms with Crippen LogP contribution in [-0.2, 0) is 9.53 Å². The van der Waals surface area contributed by atoms with E-state index in [2.05, 4.69) is 20.3 Å². The van der Waals surface area contributed by atoms with E-state index in [1.165, 1.54) is 0 Å². The molecule has 2 fully saturated rings. The molecule has 1 amide bonds. The summed E-state index contributed by atoms with van der Waals surface area (Å²) in [6.45, 7) is 2.16. The van der Waals surface area contributed by atoms with Gasteiger partial charge in [0.05, 0.1) is 11.7 Å². The third-order valence-electron chi connectivity index (χ3n) is 5.03. The summed E-state index contributed by atoms with van der Waals surface area (Å²) in [6, 6.07) is 7.57. The quantitative estimate of drug-likeness (QED) is 0.910. The molecule has 1 atom stereocenters.